The van der Waals surface area contributed by atoms with Gasteiger partial charge in [0.15, 0.2) is 23.3 Å². The monoisotopic (exact) mass is 417 g/mol. The number of rotatable bonds is 7. The Balaban J connectivity index is 2.05. The number of halogens is 4. The van der Waals surface area contributed by atoms with Crippen LogP contribution in [0.4, 0.5) is 22.4 Å². The molecule has 4 N–H and O–H groups in total. The summed E-state index contributed by atoms with van der Waals surface area (Å²) in [7, 11) is 0. The average molecular weight is 417 g/mol. The lowest BCUT2D eigenvalue weighted by Gasteiger charge is -2.20. The van der Waals surface area contributed by atoms with Crippen LogP contribution in [-0.4, -0.2) is 40.0 Å². The molecule has 2 rings (SSSR count). The van der Waals surface area contributed by atoms with Gasteiger partial charge in [0.2, 0.25) is 0 Å². The average Bonchev–Trinajstić information content (AvgIpc) is 2.69. The summed E-state index contributed by atoms with van der Waals surface area (Å²) in [5, 5.41) is 30.3. The van der Waals surface area contributed by atoms with Crippen molar-refractivity contribution in [1.29, 1.82) is 0 Å². The van der Waals surface area contributed by atoms with Crippen LogP contribution >= 0.6 is 0 Å². The SMILES string of the molecule is O=C(NCC(O)C(O)c1c(F)c(F)c(C(=O)O)c(F)c1F)OCc1ccccc1. The molecule has 0 bridgehead atoms. The number of benzene rings is 2. The van der Waals surface area contributed by atoms with Crippen molar-refractivity contribution in [2.45, 2.75) is 18.8 Å². The highest BCUT2D eigenvalue weighted by Crippen LogP contribution is 2.30. The number of ether oxygens (including phenoxy) is 1. The van der Waals surface area contributed by atoms with Crippen molar-refractivity contribution in [3.05, 3.63) is 70.3 Å². The van der Waals surface area contributed by atoms with Gasteiger partial charge < -0.3 is 25.4 Å². The summed E-state index contributed by atoms with van der Waals surface area (Å²) in [6.07, 6.45) is -5.66. The molecule has 11 heteroatoms. The van der Waals surface area contributed by atoms with E-state index in [4.69, 9.17) is 9.84 Å². The summed E-state index contributed by atoms with van der Waals surface area (Å²) < 4.78 is 60.1. The molecule has 156 valence electrons. The number of alkyl carbamates (subject to hydrolysis) is 1. The summed E-state index contributed by atoms with van der Waals surface area (Å²) >= 11 is 0. The predicted octanol–water partition coefficient (Wildman–Crippen LogP) is 2.26. The molecule has 0 spiro atoms. The summed E-state index contributed by atoms with van der Waals surface area (Å²) in [5.74, 6) is -11.1. The second-order valence-electron chi connectivity index (χ2n) is 5.80. The van der Waals surface area contributed by atoms with Gasteiger partial charge >= 0.3 is 12.1 Å². The third-order valence-corrected chi connectivity index (χ3v) is 3.84. The highest BCUT2D eigenvalue weighted by molar-refractivity contribution is 5.88. The molecule has 0 aliphatic carbocycles. The maximum absolute atomic E-state index is 14.0. The Labute approximate surface area is 161 Å². The molecule has 29 heavy (non-hydrogen) atoms. The molecule has 0 radical (unpaired) electrons. The van der Waals surface area contributed by atoms with Crippen molar-refractivity contribution < 1.29 is 47.2 Å². The molecular weight excluding hydrogens is 402 g/mol. The van der Waals surface area contributed by atoms with E-state index in [2.05, 4.69) is 0 Å². The number of carboxylic acids is 1. The molecule has 7 nitrogen and oxygen atoms in total. The fourth-order valence-electron chi connectivity index (χ4n) is 2.36. The van der Waals surface area contributed by atoms with E-state index >= 15 is 0 Å². The molecule has 2 aromatic carbocycles. The van der Waals surface area contributed by atoms with Gasteiger partial charge in [-0.3, -0.25) is 0 Å². The first-order valence-corrected chi connectivity index (χ1v) is 8.05. The minimum absolute atomic E-state index is 0.123. The molecular formula is C18H15F4NO6. The molecule has 0 saturated heterocycles. The third kappa shape index (κ3) is 5.00. The lowest BCUT2D eigenvalue weighted by atomic mass is 9.99. The number of aromatic carboxylic acids is 1. The van der Waals surface area contributed by atoms with Gasteiger partial charge in [0, 0.05) is 6.54 Å². The van der Waals surface area contributed by atoms with Gasteiger partial charge in [-0.2, -0.15) is 0 Å². The Morgan fingerprint density at radius 1 is 0.966 bits per heavy atom. The number of nitrogens with one attached hydrogen (secondary N) is 1. The highest BCUT2D eigenvalue weighted by atomic mass is 19.2. The van der Waals surface area contributed by atoms with Crippen molar-refractivity contribution in [3.63, 3.8) is 0 Å². The van der Waals surface area contributed by atoms with Crippen LogP contribution in [0.3, 0.4) is 0 Å². The molecule has 0 saturated carbocycles. The lowest BCUT2D eigenvalue weighted by Crippen LogP contribution is -2.36. The second kappa shape index (κ2) is 9.34. The number of hydrogen-bond acceptors (Lipinski definition) is 5. The van der Waals surface area contributed by atoms with E-state index < -0.39 is 65.2 Å². The van der Waals surface area contributed by atoms with Crippen LogP contribution in [0.2, 0.25) is 0 Å². The number of carboxylic acid groups (broad SMARTS) is 1. The minimum Gasteiger partial charge on any atom is -0.477 e. The Bertz CT molecular complexity index is 880. The van der Waals surface area contributed by atoms with E-state index in [0.29, 0.717) is 5.56 Å². The van der Waals surface area contributed by atoms with Crippen LogP contribution in [0.1, 0.15) is 27.6 Å². The Hall–Kier alpha value is -3.18. The standard InChI is InChI=1S/C18H15F4NO6/c19-12-10(13(20)15(22)11(14(12)21)17(26)27)16(25)9(24)6-23-18(28)29-7-8-4-2-1-3-5-8/h1-5,9,16,24-25H,6-7H2,(H,23,28)(H,26,27). The van der Waals surface area contributed by atoms with Crippen molar-refractivity contribution >= 4 is 12.1 Å². The first-order chi connectivity index (χ1) is 13.6. The van der Waals surface area contributed by atoms with Crippen molar-refractivity contribution in [1.82, 2.24) is 5.32 Å². The lowest BCUT2D eigenvalue weighted by molar-refractivity contribution is 0.0133. The van der Waals surface area contributed by atoms with Crippen LogP contribution in [0.5, 0.6) is 0 Å². The largest absolute Gasteiger partial charge is 0.477 e. The van der Waals surface area contributed by atoms with Gasteiger partial charge in [-0.15, -0.1) is 0 Å². The number of hydrogen-bond donors (Lipinski definition) is 4. The maximum Gasteiger partial charge on any atom is 0.407 e. The van der Waals surface area contributed by atoms with Crippen LogP contribution < -0.4 is 5.32 Å². The zero-order chi connectivity index (χ0) is 21.7. The van der Waals surface area contributed by atoms with Gasteiger partial charge in [0.25, 0.3) is 0 Å². The zero-order valence-electron chi connectivity index (χ0n) is 14.5. The summed E-state index contributed by atoms with van der Waals surface area (Å²) in [6.45, 7) is -0.917. The summed E-state index contributed by atoms with van der Waals surface area (Å²) in [4.78, 5) is 22.3. The van der Waals surface area contributed by atoms with E-state index in [1.807, 2.05) is 5.32 Å². The fraction of sp³-hybridized carbons (Fsp3) is 0.222. The van der Waals surface area contributed by atoms with Gasteiger partial charge in [0.05, 0.1) is 5.56 Å². The van der Waals surface area contributed by atoms with Crippen LogP contribution in [-0.2, 0) is 11.3 Å². The van der Waals surface area contributed by atoms with Gasteiger partial charge in [0.1, 0.15) is 24.4 Å². The Morgan fingerprint density at radius 3 is 2.03 bits per heavy atom. The smallest absolute Gasteiger partial charge is 0.407 e. The Kier molecular flexibility index (Phi) is 7.13. The molecule has 0 aliphatic rings. The van der Waals surface area contributed by atoms with Crippen LogP contribution in [0, 0.1) is 23.3 Å². The van der Waals surface area contributed by atoms with Crippen LogP contribution in [0.25, 0.3) is 0 Å². The minimum atomic E-state index is -2.52. The van der Waals surface area contributed by atoms with E-state index in [9.17, 15) is 37.4 Å². The van der Waals surface area contributed by atoms with Crippen molar-refractivity contribution in [3.8, 4) is 0 Å². The quantitative estimate of drug-likeness (QED) is 0.406. The van der Waals surface area contributed by atoms with Gasteiger partial charge in [-0.25, -0.2) is 27.2 Å². The number of amides is 1. The van der Waals surface area contributed by atoms with E-state index in [1.54, 1.807) is 30.3 Å². The molecule has 2 unspecified atom stereocenters. The molecule has 0 aliphatic heterocycles. The topological polar surface area (TPSA) is 116 Å². The van der Waals surface area contributed by atoms with E-state index in [-0.39, 0.29) is 6.61 Å². The maximum atomic E-state index is 14.0. The highest BCUT2D eigenvalue weighted by Gasteiger charge is 2.34. The number of carbonyl (C=O) groups is 2. The Morgan fingerprint density at radius 2 is 1.52 bits per heavy atom. The van der Waals surface area contributed by atoms with Crippen molar-refractivity contribution in [2.24, 2.45) is 0 Å². The van der Waals surface area contributed by atoms with Crippen LogP contribution in [0.15, 0.2) is 30.3 Å². The zero-order valence-corrected chi connectivity index (χ0v) is 14.5. The molecule has 2 atom stereocenters. The molecule has 1 amide bonds. The first-order valence-electron chi connectivity index (χ1n) is 8.05. The third-order valence-electron chi connectivity index (χ3n) is 3.84. The molecule has 2 aromatic rings. The fourth-order valence-corrected chi connectivity index (χ4v) is 2.36. The summed E-state index contributed by atoms with van der Waals surface area (Å²) in [5.41, 5.74) is -2.85. The number of aliphatic hydroxyl groups excluding tert-OH is 2. The molecule has 0 heterocycles. The van der Waals surface area contributed by atoms with Gasteiger partial charge in [-0.1, -0.05) is 30.3 Å². The molecule has 0 fully saturated rings. The number of aliphatic hydroxyl groups is 2. The van der Waals surface area contributed by atoms with Gasteiger partial charge in [-0.05, 0) is 5.56 Å². The van der Waals surface area contributed by atoms with Crippen molar-refractivity contribution in [2.75, 3.05) is 6.54 Å². The first kappa shape index (κ1) is 22.1. The normalized spacial score (nSPS) is 12.9. The summed E-state index contributed by atoms with van der Waals surface area (Å²) in [6, 6.07) is 8.48. The second-order valence-corrected chi connectivity index (χ2v) is 5.80. The van der Waals surface area contributed by atoms with E-state index in [1.165, 1.54) is 0 Å². The molecule has 0 aromatic heterocycles. The number of carbonyl (C=O) groups excluding carboxylic acids is 1. The van der Waals surface area contributed by atoms with E-state index in [0.717, 1.165) is 0 Å². The predicted molar refractivity (Wildman–Crippen MR) is 88.8 cm³/mol.